The van der Waals surface area contributed by atoms with Crippen LogP contribution in [0.5, 0.6) is 0 Å². The number of carbonyl (C=O) groups is 2. The van der Waals surface area contributed by atoms with Gasteiger partial charge in [-0.3, -0.25) is 19.4 Å². The van der Waals surface area contributed by atoms with Gasteiger partial charge in [0.25, 0.3) is 0 Å². The number of aliphatic hydroxyl groups excluding tert-OH is 1. The van der Waals surface area contributed by atoms with Crippen molar-refractivity contribution in [2.75, 3.05) is 54.5 Å². The van der Waals surface area contributed by atoms with E-state index in [-0.39, 0.29) is 42.4 Å². The van der Waals surface area contributed by atoms with Crippen LogP contribution in [0, 0.1) is 30.1 Å². The Morgan fingerprint density at radius 1 is 1.13 bits per heavy atom. The molecule has 0 saturated carbocycles. The van der Waals surface area contributed by atoms with Crippen LogP contribution < -0.4 is 0 Å². The van der Waals surface area contributed by atoms with E-state index in [1.165, 1.54) is 0 Å². The van der Waals surface area contributed by atoms with Gasteiger partial charge < -0.3 is 33.5 Å². The van der Waals surface area contributed by atoms with Gasteiger partial charge in [0, 0.05) is 63.3 Å². The number of esters is 1. The largest absolute Gasteiger partial charge is 0.463 e. The van der Waals surface area contributed by atoms with Crippen molar-refractivity contribution >= 4 is 11.8 Å². The Labute approximate surface area is 275 Å². The highest BCUT2D eigenvalue weighted by Crippen LogP contribution is 2.38. The second kappa shape index (κ2) is 14.7. The monoisotopic (exact) mass is 650 g/mol. The highest BCUT2D eigenvalue weighted by Gasteiger charge is 2.52. The maximum absolute atomic E-state index is 14.2. The van der Waals surface area contributed by atoms with E-state index in [1.54, 1.807) is 27.9 Å². The van der Waals surface area contributed by atoms with Crippen molar-refractivity contribution in [1.82, 2.24) is 19.9 Å². The van der Waals surface area contributed by atoms with Crippen LogP contribution in [0.25, 0.3) is 0 Å². The van der Waals surface area contributed by atoms with Gasteiger partial charge in [-0.25, -0.2) is 0 Å². The van der Waals surface area contributed by atoms with E-state index in [0.29, 0.717) is 19.4 Å². The summed E-state index contributed by atoms with van der Waals surface area (Å²) >= 11 is 0. The van der Waals surface area contributed by atoms with E-state index in [1.807, 2.05) is 45.8 Å². The minimum absolute atomic E-state index is 0.0261. The van der Waals surface area contributed by atoms with Crippen LogP contribution in [0.15, 0.2) is 10.6 Å². The fraction of sp³-hybridized carbons (Fsp3) is 0.853. The molecule has 0 radical (unpaired) electrons. The number of rotatable bonds is 7. The molecule has 3 aliphatic heterocycles. The second-order valence-corrected chi connectivity index (χ2v) is 15.2. The van der Waals surface area contributed by atoms with E-state index in [9.17, 15) is 14.7 Å². The van der Waals surface area contributed by atoms with Gasteiger partial charge in [0.05, 0.1) is 23.5 Å². The fourth-order valence-corrected chi connectivity index (χ4v) is 7.76. The van der Waals surface area contributed by atoms with E-state index >= 15 is 0 Å². The Morgan fingerprint density at radius 2 is 1.80 bits per heavy atom. The first-order chi connectivity index (χ1) is 21.5. The Bertz CT molecular complexity index is 1190. The van der Waals surface area contributed by atoms with Crippen LogP contribution in [-0.2, 0) is 35.1 Å². The predicted molar refractivity (Wildman–Crippen MR) is 172 cm³/mol. The number of aliphatic hydroxyl groups is 1. The van der Waals surface area contributed by atoms with Gasteiger partial charge in [-0.2, -0.15) is 0 Å². The summed E-state index contributed by atoms with van der Waals surface area (Å²) in [6.45, 7) is 16.3. The van der Waals surface area contributed by atoms with Crippen molar-refractivity contribution in [2.45, 2.75) is 110 Å². The SMILES string of the molecule is CO[C@]1(C)C[C@@H](C)CN(C)C(C2CN(Cc3cc(C)on3)C2)COC(=O)C(C)(C)C(=O)[C@H](C)[C@H]1O[C@@H]1O[C@H](C)C[C@H](N(C)C)[C@H]1O. The van der Waals surface area contributed by atoms with E-state index in [2.05, 4.69) is 28.9 Å². The number of likely N-dealkylation sites (N-methyl/N-ethyl adjacent to an activating group) is 2. The Kier molecular flexibility index (Phi) is 11.8. The smallest absolute Gasteiger partial charge is 0.319 e. The molecule has 0 spiro atoms. The molecule has 12 nitrogen and oxygen atoms in total. The number of aromatic nitrogens is 1. The molecule has 0 bridgehead atoms. The first kappa shape index (κ1) is 36.9. The average Bonchev–Trinajstić information content (AvgIpc) is 3.38. The number of ether oxygens (including phenoxy) is 4. The molecule has 9 atom stereocenters. The van der Waals surface area contributed by atoms with Gasteiger partial charge in [-0.1, -0.05) is 19.0 Å². The van der Waals surface area contributed by atoms with Crippen molar-refractivity contribution in [3.05, 3.63) is 17.5 Å². The highest BCUT2D eigenvalue weighted by molar-refractivity contribution is 6.04. The molecule has 0 aliphatic carbocycles. The third-order valence-electron chi connectivity index (χ3n) is 10.5. The second-order valence-electron chi connectivity index (χ2n) is 15.2. The maximum atomic E-state index is 14.2. The summed E-state index contributed by atoms with van der Waals surface area (Å²) in [5, 5.41) is 15.4. The number of cyclic esters (lactones) is 1. The molecule has 1 aromatic rings. The summed E-state index contributed by atoms with van der Waals surface area (Å²) in [6.07, 6.45) is -1.64. The molecule has 1 unspecified atom stereocenters. The molecule has 1 N–H and O–H groups in total. The first-order valence-corrected chi connectivity index (χ1v) is 16.7. The standard InChI is InChI=1S/C34H58N4O8/c1-20-14-34(7,42-11)30(45-31-28(39)26(36(8)9)13-21(2)44-31)23(4)29(40)33(5,6)32(41)43-19-27(37(10)15-20)24-16-38(17-24)18-25-12-22(3)46-35-25/h12,20-21,23-24,26-28,30-31,39H,13-19H2,1-11H3/t20-,21-,23+,26+,27?,28-,30-,31+,34-/m1/s1. The van der Waals surface area contributed by atoms with Crippen LogP contribution in [0.4, 0.5) is 0 Å². The fourth-order valence-electron chi connectivity index (χ4n) is 7.76. The normalized spacial score (nSPS) is 37.7. The summed E-state index contributed by atoms with van der Waals surface area (Å²) in [5.41, 5.74) is -1.46. The van der Waals surface area contributed by atoms with Crippen LogP contribution >= 0.6 is 0 Å². The topological polar surface area (TPSA) is 127 Å². The molecule has 4 heterocycles. The quantitative estimate of drug-likeness (QED) is 0.344. The summed E-state index contributed by atoms with van der Waals surface area (Å²) < 4.78 is 30.2. The van der Waals surface area contributed by atoms with Gasteiger partial charge in [0.1, 0.15) is 23.9 Å². The third-order valence-corrected chi connectivity index (χ3v) is 10.5. The Balaban J connectivity index is 1.59. The molecule has 4 rings (SSSR count). The predicted octanol–water partition coefficient (Wildman–Crippen LogP) is 2.75. The van der Waals surface area contributed by atoms with Crippen molar-refractivity contribution in [3.63, 3.8) is 0 Å². The molecule has 0 amide bonds. The Hall–Kier alpha value is -1.93. The summed E-state index contributed by atoms with van der Waals surface area (Å²) in [4.78, 5) is 34.4. The molecule has 46 heavy (non-hydrogen) atoms. The molecule has 0 aromatic carbocycles. The van der Waals surface area contributed by atoms with Gasteiger partial charge in [-0.15, -0.1) is 0 Å². The van der Waals surface area contributed by atoms with Gasteiger partial charge in [0.15, 0.2) is 12.1 Å². The van der Waals surface area contributed by atoms with Crippen molar-refractivity contribution in [2.24, 2.45) is 23.2 Å². The van der Waals surface area contributed by atoms with Crippen molar-refractivity contribution in [3.8, 4) is 0 Å². The molecular weight excluding hydrogens is 592 g/mol. The van der Waals surface area contributed by atoms with Crippen LogP contribution in [-0.4, -0.2) is 133 Å². The van der Waals surface area contributed by atoms with Crippen LogP contribution in [0.3, 0.4) is 0 Å². The number of methoxy groups -OCH3 is 1. The number of carbonyl (C=O) groups excluding carboxylic acids is 2. The number of nitrogens with zero attached hydrogens (tertiary/aromatic N) is 4. The lowest BCUT2D eigenvalue weighted by Gasteiger charge is -2.47. The lowest BCUT2D eigenvalue weighted by Crippen LogP contribution is -2.59. The van der Waals surface area contributed by atoms with Gasteiger partial charge in [0.2, 0.25) is 0 Å². The lowest BCUT2D eigenvalue weighted by atomic mass is 9.74. The first-order valence-electron chi connectivity index (χ1n) is 16.7. The highest BCUT2D eigenvalue weighted by atomic mass is 16.7. The minimum Gasteiger partial charge on any atom is -0.463 e. The summed E-state index contributed by atoms with van der Waals surface area (Å²) in [6, 6.07) is 1.75. The molecule has 12 heteroatoms. The van der Waals surface area contributed by atoms with Gasteiger partial charge in [-0.05, 0) is 74.5 Å². The Morgan fingerprint density at radius 3 is 2.39 bits per heavy atom. The number of aryl methyl sites for hydroxylation is 1. The molecular formula is C34H58N4O8. The van der Waals surface area contributed by atoms with Gasteiger partial charge >= 0.3 is 5.97 Å². The summed E-state index contributed by atoms with van der Waals surface area (Å²) in [7, 11) is 7.55. The lowest BCUT2D eigenvalue weighted by molar-refractivity contribution is -0.295. The van der Waals surface area contributed by atoms with Crippen LogP contribution in [0.2, 0.25) is 0 Å². The zero-order valence-electron chi connectivity index (χ0n) is 29.8. The molecule has 3 aliphatic rings. The maximum Gasteiger partial charge on any atom is 0.319 e. The molecule has 3 fully saturated rings. The van der Waals surface area contributed by atoms with Crippen molar-refractivity contribution in [1.29, 1.82) is 0 Å². The minimum atomic E-state index is -1.43. The molecule has 1 aromatic heterocycles. The average molecular weight is 651 g/mol. The summed E-state index contributed by atoms with van der Waals surface area (Å²) in [5.74, 6) is -0.419. The van der Waals surface area contributed by atoms with E-state index < -0.39 is 41.4 Å². The number of hydrogen-bond donors (Lipinski definition) is 1. The zero-order chi connectivity index (χ0) is 34.1. The zero-order valence-corrected chi connectivity index (χ0v) is 29.8. The van der Waals surface area contributed by atoms with E-state index in [4.69, 9.17) is 23.5 Å². The third kappa shape index (κ3) is 8.02. The number of likely N-dealkylation sites (tertiary alicyclic amines) is 1. The number of Topliss-reactive ketones (excluding diaryl/α,β-unsaturated/α-hetero) is 1. The molecule has 3 saturated heterocycles. The number of ketones is 1. The molecule has 262 valence electrons. The number of hydrogen-bond acceptors (Lipinski definition) is 12. The van der Waals surface area contributed by atoms with Crippen molar-refractivity contribution < 1.29 is 38.2 Å². The van der Waals surface area contributed by atoms with E-state index in [0.717, 1.165) is 31.1 Å². The van der Waals surface area contributed by atoms with Crippen LogP contribution in [0.1, 0.15) is 65.8 Å².